The monoisotopic (exact) mass is 208 g/mol. The highest BCUT2D eigenvalue weighted by Crippen LogP contribution is 2.28. The molecular formula is C12H20N2O. The molecule has 0 saturated heterocycles. The van der Waals surface area contributed by atoms with Gasteiger partial charge in [-0.05, 0) is 45.1 Å². The van der Waals surface area contributed by atoms with Crippen LogP contribution >= 0.6 is 0 Å². The van der Waals surface area contributed by atoms with Gasteiger partial charge in [0.25, 0.3) is 0 Å². The van der Waals surface area contributed by atoms with Crippen molar-refractivity contribution < 1.29 is 5.11 Å². The number of aliphatic hydroxyl groups is 1. The molecule has 1 N–H and O–H groups in total. The van der Waals surface area contributed by atoms with Gasteiger partial charge in [-0.1, -0.05) is 6.42 Å². The van der Waals surface area contributed by atoms with E-state index in [-0.39, 0.29) is 6.10 Å². The fourth-order valence-electron chi connectivity index (χ4n) is 2.56. The van der Waals surface area contributed by atoms with E-state index >= 15 is 0 Å². The van der Waals surface area contributed by atoms with Gasteiger partial charge >= 0.3 is 0 Å². The molecule has 1 aliphatic rings. The first kappa shape index (κ1) is 10.7. The highest BCUT2D eigenvalue weighted by Gasteiger charge is 2.26. The van der Waals surface area contributed by atoms with Crippen molar-refractivity contribution in [1.82, 2.24) is 9.78 Å². The summed E-state index contributed by atoms with van der Waals surface area (Å²) in [5.41, 5.74) is 2.36. The molecule has 0 bridgehead atoms. The predicted molar refractivity (Wildman–Crippen MR) is 59.7 cm³/mol. The van der Waals surface area contributed by atoms with E-state index in [9.17, 15) is 5.11 Å². The van der Waals surface area contributed by atoms with Crippen molar-refractivity contribution in [2.45, 2.75) is 52.2 Å². The van der Waals surface area contributed by atoms with Crippen molar-refractivity contribution in [2.75, 3.05) is 0 Å². The van der Waals surface area contributed by atoms with Crippen LogP contribution < -0.4 is 0 Å². The summed E-state index contributed by atoms with van der Waals surface area (Å²) in [5.74, 6) is 0.450. The molecule has 0 spiro atoms. The third-order valence-corrected chi connectivity index (χ3v) is 3.38. The number of hydrogen-bond acceptors (Lipinski definition) is 2. The van der Waals surface area contributed by atoms with Crippen LogP contribution in [-0.4, -0.2) is 21.0 Å². The Morgan fingerprint density at radius 3 is 2.93 bits per heavy atom. The Labute approximate surface area is 91.1 Å². The Balaban J connectivity index is 2.09. The lowest BCUT2D eigenvalue weighted by Crippen LogP contribution is -2.17. The topological polar surface area (TPSA) is 38.0 Å². The maximum absolute atomic E-state index is 9.79. The largest absolute Gasteiger partial charge is 0.393 e. The molecule has 2 atom stereocenters. The summed E-state index contributed by atoms with van der Waals surface area (Å²) in [5, 5.41) is 14.2. The zero-order valence-corrected chi connectivity index (χ0v) is 9.61. The molecule has 84 valence electrons. The maximum atomic E-state index is 9.79. The molecule has 1 aliphatic carbocycles. The summed E-state index contributed by atoms with van der Waals surface area (Å²) in [6.07, 6.45) is 4.20. The number of hydrogen-bond donors (Lipinski definition) is 1. The van der Waals surface area contributed by atoms with Crippen LogP contribution in [0.2, 0.25) is 0 Å². The number of aryl methyl sites for hydroxylation is 2. The number of nitrogens with zero attached hydrogens (tertiary/aromatic N) is 2. The molecule has 0 aromatic carbocycles. The first-order valence-electron chi connectivity index (χ1n) is 5.92. The van der Waals surface area contributed by atoms with Crippen LogP contribution in [0.4, 0.5) is 0 Å². The molecule has 2 unspecified atom stereocenters. The number of aromatic nitrogens is 2. The van der Waals surface area contributed by atoms with Gasteiger partial charge in [0.05, 0.1) is 11.8 Å². The smallest absolute Gasteiger partial charge is 0.0596 e. The average molecular weight is 208 g/mol. The molecule has 3 nitrogen and oxygen atoms in total. The molecule has 1 heterocycles. The minimum atomic E-state index is -0.0921. The number of aliphatic hydroxyl groups excluding tert-OH is 1. The van der Waals surface area contributed by atoms with E-state index in [4.69, 9.17) is 0 Å². The van der Waals surface area contributed by atoms with Crippen molar-refractivity contribution >= 4 is 0 Å². The van der Waals surface area contributed by atoms with E-state index in [1.165, 1.54) is 12.1 Å². The zero-order valence-electron chi connectivity index (χ0n) is 9.61. The Morgan fingerprint density at radius 1 is 1.53 bits per heavy atom. The summed E-state index contributed by atoms with van der Waals surface area (Å²) in [6.45, 7) is 5.06. The minimum Gasteiger partial charge on any atom is -0.393 e. The van der Waals surface area contributed by atoms with Gasteiger partial charge in [-0.15, -0.1) is 0 Å². The summed E-state index contributed by atoms with van der Waals surface area (Å²) in [4.78, 5) is 0. The van der Waals surface area contributed by atoms with Crippen molar-refractivity contribution in [3.05, 3.63) is 17.5 Å². The third-order valence-electron chi connectivity index (χ3n) is 3.38. The third kappa shape index (κ3) is 2.23. The lowest BCUT2D eigenvalue weighted by Gasteiger charge is -2.14. The average Bonchev–Trinajstić information content (AvgIpc) is 2.75. The van der Waals surface area contributed by atoms with Crippen LogP contribution in [0.1, 0.15) is 37.6 Å². The van der Waals surface area contributed by atoms with E-state index < -0.39 is 0 Å². The lowest BCUT2D eigenvalue weighted by molar-refractivity contribution is 0.131. The highest BCUT2D eigenvalue weighted by atomic mass is 16.3. The van der Waals surface area contributed by atoms with Gasteiger partial charge in [0.15, 0.2) is 0 Å². The fourth-order valence-corrected chi connectivity index (χ4v) is 2.56. The standard InChI is InChI=1S/C12H20N2O/c1-3-14-11(7-9(2)13-14)8-10-5-4-6-12(10)15/h7,10,12,15H,3-6,8H2,1-2H3. The Bertz CT molecular complexity index is 332. The van der Waals surface area contributed by atoms with Crippen molar-refractivity contribution in [3.63, 3.8) is 0 Å². The van der Waals surface area contributed by atoms with Crippen LogP contribution in [0, 0.1) is 12.8 Å². The number of rotatable bonds is 3. The lowest BCUT2D eigenvalue weighted by atomic mass is 9.99. The van der Waals surface area contributed by atoms with Gasteiger partial charge < -0.3 is 5.11 Å². The predicted octanol–water partition coefficient (Wildman–Crippen LogP) is 1.91. The van der Waals surface area contributed by atoms with Gasteiger partial charge in [0.2, 0.25) is 0 Å². The Hall–Kier alpha value is -0.830. The molecule has 1 saturated carbocycles. The zero-order chi connectivity index (χ0) is 10.8. The molecule has 1 fully saturated rings. The van der Waals surface area contributed by atoms with E-state index in [0.717, 1.165) is 31.5 Å². The van der Waals surface area contributed by atoms with Gasteiger partial charge in [0.1, 0.15) is 0 Å². The minimum absolute atomic E-state index is 0.0921. The molecular weight excluding hydrogens is 188 g/mol. The summed E-state index contributed by atoms with van der Waals surface area (Å²) in [7, 11) is 0. The van der Waals surface area contributed by atoms with E-state index in [0.29, 0.717) is 5.92 Å². The summed E-state index contributed by atoms with van der Waals surface area (Å²) >= 11 is 0. The summed E-state index contributed by atoms with van der Waals surface area (Å²) < 4.78 is 2.06. The molecule has 1 aromatic rings. The van der Waals surface area contributed by atoms with Crippen LogP contribution in [-0.2, 0) is 13.0 Å². The highest BCUT2D eigenvalue weighted by molar-refractivity contribution is 5.10. The van der Waals surface area contributed by atoms with Gasteiger partial charge in [-0.25, -0.2) is 0 Å². The quantitative estimate of drug-likeness (QED) is 0.824. The van der Waals surface area contributed by atoms with Crippen LogP contribution in [0.5, 0.6) is 0 Å². The second-order valence-corrected chi connectivity index (χ2v) is 4.56. The van der Waals surface area contributed by atoms with Gasteiger partial charge in [0, 0.05) is 12.2 Å². The van der Waals surface area contributed by atoms with Crippen LogP contribution in [0.25, 0.3) is 0 Å². The maximum Gasteiger partial charge on any atom is 0.0596 e. The first-order chi connectivity index (χ1) is 7.20. The van der Waals surface area contributed by atoms with Gasteiger partial charge in [-0.2, -0.15) is 5.10 Å². The van der Waals surface area contributed by atoms with Crippen molar-refractivity contribution in [2.24, 2.45) is 5.92 Å². The molecule has 2 rings (SSSR count). The van der Waals surface area contributed by atoms with E-state index in [2.05, 4.69) is 22.8 Å². The Kier molecular flexibility index (Phi) is 3.10. The van der Waals surface area contributed by atoms with Crippen molar-refractivity contribution in [1.29, 1.82) is 0 Å². The first-order valence-corrected chi connectivity index (χ1v) is 5.92. The SMILES string of the molecule is CCn1nc(C)cc1CC1CCCC1O. The second kappa shape index (κ2) is 4.35. The Morgan fingerprint density at radius 2 is 2.33 bits per heavy atom. The molecule has 1 aromatic heterocycles. The molecule has 3 heteroatoms. The fraction of sp³-hybridized carbons (Fsp3) is 0.750. The molecule has 15 heavy (non-hydrogen) atoms. The molecule has 0 radical (unpaired) electrons. The van der Waals surface area contributed by atoms with Crippen molar-refractivity contribution in [3.8, 4) is 0 Å². The summed E-state index contributed by atoms with van der Waals surface area (Å²) in [6, 6.07) is 2.15. The van der Waals surface area contributed by atoms with Crippen LogP contribution in [0.3, 0.4) is 0 Å². The van der Waals surface area contributed by atoms with E-state index in [1.807, 2.05) is 6.92 Å². The molecule has 0 aliphatic heterocycles. The van der Waals surface area contributed by atoms with Crippen LogP contribution in [0.15, 0.2) is 6.07 Å². The van der Waals surface area contributed by atoms with Gasteiger partial charge in [-0.3, -0.25) is 4.68 Å². The normalized spacial score (nSPS) is 26.1. The van der Waals surface area contributed by atoms with E-state index in [1.54, 1.807) is 0 Å². The molecule has 0 amide bonds. The second-order valence-electron chi connectivity index (χ2n) is 4.56.